The number of benzene rings is 2. The van der Waals surface area contributed by atoms with E-state index < -0.39 is 0 Å². The van der Waals surface area contributed by atoms with E-state index in [1.165, 1.54) is 5.56 Å². The summed E-state index contributed by atoms with van der Waals surface area (Å²) in [5.74, 6) is 1.50. The fourth-order valence-corrected chi connectivity index (χ4v) is 4.36. The highest BCUT2D eigenvalue weighted by Crippen LogP contribution is 2.28. The molecule has 0 atom stereocenters. The van der Waals surface area contributed by atoms with Crippen LogP contribution in [0.2, 0.25) is 0 Å². The molecule has 0 unspecified atom stereocenters. The summed E-state index contributed by atoms with van der Waals surface area (Å²) >= 11 is 1.63. The number of thioether (sulfide) groups is 1. The first-order chi connectivity index (χ1) is 15.3. The lowest BCUT2D eigenvalue weighted by molar-refractivity contribution is 0.714. The molecular weight excluding hydrogens is 404 g/mol. The van der Waals surface area contributed by atoms with Gasteiger partial charge in [-0.15, -0.1) is 10.2 Å². The molecule has 7 heteroatoms. The van der Waals surface area contributed by atoms with Crippen molar-refractivity contribution in [2.75, 3.05) is 0 Å². The first-order valence-corrected chi connectivity index (χ1v) is 11.0. The molecule has 3 heterocycles. The van der Waals surface area contributed by atoms with Crippen LogP contribution >= 0.6 is 11.8 Å². The SMILES string of the molecule is Cc1nc2ccccc2nc1CSc1nnc(-c2ccncc2)n1Cc1ccccc1. The minimum Gasteiger partial charge on any atom is -0.298 e. The minimum atomic E-state index is 0.674. The second-order valence-corrected chi connectivity index (χ2v) is 8.09. The van der Waals surface area contributed by atoms with Crippen molar-refractivity contribution in [3.8, 4) is 11.4 Å². The quantitative estimate of drug-likeness (QED) is 0.360. The van der Waals surface area contributed by atoms with E-state index in [0.717, 1.165) is 39.0 Å². The average molecular weight is 425 g/mol. The summed E-state index contributed by atoms with van der Waals surface area (Å²) in [6.45, 7) is 2.70. The molecule has 0 amide bonds. The van der Waals surface area contributed by atoms with E-state index in [2.05, 4.69) is 31.9 Å². The highest BCUT2D eigenvalue weighted by molar-refractivity contribution is 7.98. The van der Waals surface area contributed by atoms with Gasteiger partial charge in [-0.3, -0.25) is 9.55 Å². The van der Waals surface area contributed by atoms with E-state index in [1.54, 1.807) is 24.2 Å². The van der Waals surface area contributed by atoms with Crippen LogP contribution in [0.4, 0.5) is 0 Å². The monoisotopic (exact) mass is 424 g/mol. The van der Waals surface area contributed by atoms with E-state index in [-0.39, 0.29) is 0 Å². The molecule has 5 rings (SSSR count). The summed E-state index contributed by atoms with van der Waals surface area (Å²) < 4.78 is 2.15. The van der Waals surface area contributed by atoms with Crippen molar-refractivity contribution in [1.29, 1.82) is 0 Å². The van der Waals surface area contributed by atoms with E-state index >= 15 is 0 Å². The number of para-hydroxylation sites is 2. The van der Waals surface area contributed by atoms with E-state index in [4.69, 9.17) is 9.97 Å². The third-order valence-electron chi connectivity index (χ3n) is 5.02. The van der Waals surface area contributed by atoms with Crippen LogP contribution in [0.25, 0.3) is 22.4 Å². The molecule has 2 aromatic carbocycles. The lowest BCUT2D eigenvalue weighted by Gasteiger charge is -2.11. The number of aryl methyl sites for hydroxylation is 1. The van der Waals surface area contributed by atoms with Crippen LogP contribution in [0.15, 0.2) is 84.3 Å². The zero-order chi connectivity index (χ0) is 21.0. The number of aromatic nitrogens is 6. The van der Waals surface area contributed by atoms with Crippen LogP contribution in [-0.2, 0) is 12.3 Å². The van der Waals surface area contributed by atoms with Crippen molar-refractivity contribution in [2.45, 2.75) is 24.4 Å². The van der Waals surface area contributed by atoms with E-state index in [9.17, 15) is 0 Å². The smallest absolute Gasteiger partial charge is 0.192 e. The molecule has 0 spiro atoms. The summed E-state index contributed by atoms with van der Waals surface area (Å²) in [7, 11) is 0. The Morgan fingerprint density at radius 3 is 2.29 bits per heavy atom. The van der Waals surface area contributed by atoms with Crippen molar-refractivity contribution >= 4 is 22.8 Å². The molecule has 31 heavy (non-hydrogen) atoms. The number of nitrogens with zero attached hydrogens (tertiary/aromatic N) is 6. The maximum Gasteiger partial charge on any atom is 0.192 e. The number of rotatable bonds is 6. The molecule has 0 saturated carbocycles. The lowest BCUT2D eigenvalue weighted by atomic mass is 10.2. The number of fused-ring (bicyclic) bond motifs is 1. The largest absolute Gasteiger partial charge is 0.298 e. The molecular formula is C24H20N6S. The number of pyridine rings is 1. The molecule has 0 aliphatic heterocycles. The van der Waals surface area contributed by atoms with Crippen molar-refractivity contribution in [2.24, 2.45) is 0 Å². The Bertz CT molecular complexity index is 1320. The topological polar surface area (TPSA) is 69.4 Å². The zero-order valence-electron chi connectivity index (χ0n) is 17.0. The normalized spacial score (nSPS) is 11.1. The van der Waals surface area contributed by atoms with Crippen LogP contribution in [0.3, 0.4) is 0 Å². The molecule has 0 N–H and O–H groups in total. The predicted molar refractivity (Wildman–Crippen MR) is 123 cm³/mol. The minimum absolute atomic E-state index is 0.674. The first kappa shape index (κ1) is 19.4. The van der Waals surface area contributed by atoms with Crippen molar-refractivity contribution < 1.29 is 0 Å². The predicted octanol–water partition coefficient (Wildman–Crippen LogP) is 4.93. The molecule has 0 fully saturated rings. The van der Waals surface area contributed by atoms with Crippen LogP contribution in [-0.4, -0.2) is 29.7 Å². The van der Waals surface area contributed by atoms with Crippen LogP contribution < -0.4 is 0 Å². The average Bonchev–Trinajstić information content (AvgIpc) is 3.21. The van der Waals surface area contributed by atoms with Gasteiger partial charge in [0.15, 0.2) is 11.0 Å². The highest BCUT2D eigenvalue weighted by Gasteiger charge is 2.16. The third-order valence-corrected chi connectivity index (χ3v) is 6.00. The van der Waals surface area contributed by atoms with Gasteiger partial charge in [-0.25, -0.2) is 9.97 Å². The summed E-state index contributed by atoms with van der Waals surface area (Å²) in [6, 6.07) is 22.2. The van der Waals surface area contributed by atoms with Crippen molar-refractivity contribution in [1.82, 2.24) is 29.7 Å². The van der Waals surface area contributed by atoms with E-state index in [1.807, 2.05) is 61.5 Å². The van der Waals surface area contributed by atoms with Gasteiger partial charge in [0.05, 0.1) is 29.0 Å². The second-order valence-electron chi connectivity index (χ2n) is 7.15. The van der Waals surface area contributed by atoms with Gasteiger partial charge in [0.1, 0.15) is 0 Å². The number of hydrogen-bond donors (Lipinski definition) is 0. The summed E-state index contributed by atoms with van der Waals surface area (Å²) in [6.07, 6.45) is 3.55. The van der Waals surface area contributed by atoms with Gasteiger partial charge in [-0.2, -0.15) is 0 Å². The van der Waals surface area contributed by atoms with Gasteiger partial charge in [-0.05, 0) is 36.8 Å². The Hall–Kier alpha value is -3.58. The Labute approximate surface area is 184 Å². The summed E-state index contributed by atoms with van der Waals surface area (Å²) in [5, 5.41) is 9.85. The van der Waals surface area contributed by atoms with Gasteiger partial charge < -0.3 is 0 Å². The van der Waals surface area contributed by atoms with Crippen LogP contribution in [0.5, 0.6) is 0 Å². The van der Waals surface area contributed by atoms with E-state index in [0.29, 0.717) is 12.3 Å². The zero-order valence-corrected chi connectivity index (χ0v) is 17.8. The molecule has 0 aliphatic carbocycles. The lowest BCUT2D eigenvalue weighted by Crippen LogP contribution is -2.05. The van der Waals surface area contributed by atoms with Gasteiger partial charge in [0.25, 0.3) is 0 Å². The summed E-state index contributed by atoms with van der Waals surface area (Å²) in [4.78, 5) is 13.6. The van der Waals surface area contributed by atoms with Crippen LogP contribution in [0.1, 0.15) is 17.0 Å². The van der Waals surface area contributed by atoms with Gasteiger partial charge in [-0.1, -0.05) is 54.2 Å². The Morgan fingerprint density at radius 2 is 1.52 bits per heavy atom. The maximum absolute atomic E-state index is 4.82. The van der Waals surface area contributed by atoms with Crippen molar-refractivity contribution in [3.05, 3.63) is 96.1 Å². The first-order valence-electron chi connectivity index (χ1n) is 10.0. The van der Waals surface area contributed by atoms with Gasteiger partial charge in [0, 0.05) is 23.7 Å². The Morgan fingerprint density at radius 1 is 0.806 bits per heavy atom. The molecule has 0 radical (unpaired) electrons. The maximum atomic E-state index is 4.82. The second kappa shape index (κ2) is 8.65. The molecule has 0 saturated heterocycles. The van der Waals surface area contributed by atoms with Gasteiger partial charge >= 0.3 is 0 Å². The summed E-state index contributed by atoms with van der Waals surface area (Å²) in [5.41, 5.74) is 5.92. The number of hydrogen-bond acceptors (Lipinski definition) is 6. The highest BCUT2D eigenvalue weighted by atomic mass is 32.2. The Balaban J connectivity index is 1.47. The molecule has 0 aliphatic rings. The third kappa shape index (κ3) is 4.18. The molecule has 6 nitrogen and oxygen atoms in total. The molecule has 3 aromatic heterocycles. The molecule has 0 bridgehead atoms. The standard InChI is InChI=1S/C24H20N6S/c1-17-22(27-21-10-6-5-9-20(21)26-17)16-31-24-29-28-23(19-11-13-25-14-12-19)30(24)15-18-7-3-2-4-8-18/h2-14H,15-16H2,1H3. The van der Waals surface area contributed by atoms with Crippen molar-refractivity contribution in [3.63, 3.8) is 0 Å². The van der Waals surface area contributed by atoms with Gasteiger partial charge in [0.2, 0.25) is 0 Å². The fourth-order valence-electron chi connectivity index (χ4n) is 3.41. The Kier molecular flexibility index (Phi) is 5.41. The molecule has 152 valence electrons. The fraction of sp³-hybridized carbons (Fsp3) is 0.125. The molecule has 5 aromatic rings. The van der Waals surface area contributed by atoms with Crippen LogP contribution in [0, 0.1) is 6.92 Å².